The summed E-state index contributed by atoms with van der Waals surface area (Å²) in [7, 11) is 3.96. The Hall–Kier alpha value is -4.54. The van der Waals surface area contributed by atoms with Gasteiger partial charge in [0.25, 0.3) is 11.8 Å². The summed E-state index contributed by atoms with van der Waals surface area (Å²) in [6.45, 7) is 0.749. The van der Waals surface area contributed by atoms with E-state index in [1.54, 1.807) is 18.2 Å². The molecule has 4 amide bonds. The maximum atomic E-state index is 13.0. The number of anilines is 2. The van der Waals surface area contributed by atoms with Crippen LogP contribution in [0, 0.1) is 5.92 Å². The van der Waals surface area contributed by atoms with Crippen molar-refractivity contribution < 1.29 is 19.2 Å². The normalized spacial score (nSPS) is 21.9. The van der Waals surface area contributed by atoms with Gasteiger partial charge in [-0.25, -0.2) is 4.98 Å². The fraction of sp³-hybridized carbons (Fsp3) is 0.400. The van der Waals surface area contributed by atoms with Gasteiger partial charge in [0.15, 0.2) is 0 Å². The van der Waals surface area contributed by atoms with Crippen molar-refractivity contribution in [3.05, 3.63) is 59.9 Å². The van der Waals surface area contributed by atoms with Crippen molar-refractivity contribution in [2.45, 2.75) is 50.6 Å². The number of nitrogens with zero attached hydrogens (tertiary/aromatic N) is 5. The quantitative estimate of drug-likeness (QED) is 0.304. The van der Waals surface area contributed by atoms with Crippen molar-refractivity contribution in [1.29, 1.82) is 0 Å². The molecule has 0 bridgehead atoms. The summed E-state index contributed by atoms with van der Waals surface area (Å²) in [6.07, 6.45) is 8.49. The highest BCUT2D eigenvalue weighted by atomic mass is 16.2. The average Bonchev–Trinajstić information content (AvgIpc) is 3.51. The van der Waals surface area contributed by atoms with E-state index >= 15 is 0 Å². The Morgan fingerprint density at radius 1 is 1.05 bits per heavy atom. The Labute approximate surface area is 237 Å². The maximum Gasteiger partial charge on any atom is 0.262 e. The Balaban J connectivity index is 0.971. The Bertz CT molecular complexity index is 1520. The third-order valence-corrected chi connectivity index (χ3v) is 8.23. The molecule has 1 saturated heterocycles. The SMILES string of the molecule is CN(C)c1cccc(-c2cnn(C3CC(CCCNc4ccc5c(c4)C(=O)N(C4CCC(=O)NC4=O)C5=O)C3)c2)n1. The number of carbonyl (C=O) groups excluding carboxylic acids is 4. The number of carbonyl (C=O) groups is 4. The largest absolute Gasteiger partial charge is 0.385 e. The molecular formula is C30H33N7O4. The molecule has 1 atom stereocenters. The molecule has 1 unspecified atom stereocenters. The minimum absolute atomic E-state index is 0.102. The van der Waals surface area contributed by atoms with Crippen LogP contribution in [0.4, 0.5) is 11.5 Å². The summed E-state index contributed by atoms with van der Waals surface area (Å²) >= 11 is 0. The van der Waals surface area contributed by atoms with E-state index in [4.69, 9.17) is 4.98 Å². The van der Waals surface area contributed by atoms with Gasteiger partial charge >= 0.3 is 0 Å². The second-order valence-corrected chi connectivity index (χ2v) is 11.3. The summed E-state index contributed by atoms with van der Waals surface area (Å²) in [6, 6.07) is 10.6. The highest BCUT2D eigenvalue weighted by molar-refractivity contribution is 6.23. The molecule has 2 aromatic heterocycles. The van der Waals surface area contributed by atoms with Crippen LogP contribution in [0.5, 0.6) is 0 Å². The number of hydrogen-bond donors (Lipinski definition) is 2. The van der Waals surface area contributed by atoms with Crippen LogP contribution in [0.1, 0.15) is 65.3 Å². The van der Waals surface area contributed by atoms with Crippen LogP contribution in [0.15, 0.2) is 48.8 Å². The van der Waals surface area contributed by atoms with Crippen molar-refractivity contribution in [1.82, 2.24) is 25.0 Å². The summed E-state index contributed by atoms with van der Waals surface area (Å²) in [5, 5.41) is 10.2. The molecular weight excluding hydrogens is 522 g/mol. The molecule has 4 heterocycles. The molecule has 3 aromatic rings. The third-order valence-electron chi connectivity index (χ3n) is 8.23. The van der Waals surface area contributed by atoms with Crippen molar-refractivity contribution in [3.8, 4) is 11.3 Å². The summed E-state index contributed by atoms with van der Waals surface area (Å²) in [4.78, 5) is 57.3. The number of pyridine rings is 1. The highest BCUT2D eigenvalue weighted by Crippen LogP contribution is 2.40. The average molecular weight is 556 g/mol. The number of fused-ring (bicyclic) bond motifs is 1. The second kappa shape index (κ2) is 10.8. The standard InChI is InChI=1S/C30H33N7O4/c1-35(2)26-7-3-6-24(33-26)19-16-32-36(17-19)21-13-18(14-21)5-4-12-31-20-8-9-22-23(15-20)30(41)37(29(22)40)25-10-11-27(38)34-28(25)39/h3,6-9,15-18,21,25,31H,4-5,10-14H2,1-2H3,(H,34,38,39). The van der Waals surface area contributed by atoms with Crippen molar-refractivity contribution in [2.24, 2.45) is 5.92 Å². The number of amides is 4. The predicted octanol–water partition coefficient (Wildman–Crippen LogP) is 3.26. The fourth-order valence-corrected chi connectivity index (χ4v) is 5.86. The number of hydrogen-bond acceptors (Lipinski definition) is 8. The molecule has 1 saturated carbocycles. The van der Waals surface area contributed by atoms with Gasteiger partial charge in [-0.15, -0.1) is 0 Å². The lowest BCUT2D eigenvalue weighted by molar-refractivity contribution is -0.136. The molecule has 2 fully saturated rings. The zero-order chi connectivity index (χ0) is 28.7. The monoisotopic (exact) mass is 555 g/mol. The number of nitrogens with one attached hydrogen (secondary N) is 2. The first-order valence-corrected chi connectivity index (χ1v) is 14.1. The van der Waals surface area contributed by atoms with Gasteiger partial charge < -0.3 is 10.2 Å². The molecule has 41 heavy (non-hydrogen) atoms. The molecule has 3 aliphatic rings. The van der Waals surface area contributed by atoms with Gasteiger partial charge in [0.05, 0.1) is 29.1 Å². The Morgan fingerprint density at radius 3 is 2.63 bits per heavy atom. The first kappa shape index (κ1) is 26.7. The van der Waals surface area contributed by atoms with Crippen LogP contribution in [-0.4, -0.2) is 70.0 Å². The molecule has 2 aliphatic heterocycles. The topological polar surface area (TPSA) is 130 Å². The number of piperidine rings is 1. The van der Waals surface area contributed by atoms with Crippen LogP contribution in [0.3, 0.4) is 0 Å². The maximum absolute atomic E-state index is 13.0. The predicted molar refractivity (Wildman–Crippen MR) is 152 cm³/mol. The van der Waals surface area contributed by atoms with Crippen LogP contribution < -0.4 is 15.5 Å². The van der Waals surface area contributed by atoms with Crippen molar-refractivity contribution in [2.75, 3.05) is 30.9 Å². The van der Waals surface area contributed by atoms with E-state index in [0.717, 1.165) is 59.9 Å². The van der Waals surface area contributed by atoms with E-state index in [9.17, 15) is 19.2 Å². The molecule has 1 aromatic carbocycles. The lowest BCUT2D eigenvalue weighted by atomic mass is 9.77. The highest BCUT2D eigenvalue weighted by Gasteiger charge is 2.44. The smallest absolute Gasteiger partial charge is 0.262 e. The third kappa shape index (κ3) is 5.19. The molecule has 6 rings (SSSR count). The second-order valence-electron chi connectivity index (χ2n) is 11.3. The van der Waals surface area contributed by atoms with Gasteiger partial charge in [0, 0.05) is 44.5 Å². The number of imide groups is 2. The minimum Gasteiger partial charge on any atom is -0.385 e. The van der Waals surface area contributed by atoms with Crippen molar-refractivity contribution in [3.63, 3.8) is 0 Å². The molecule has 11 heteroatoms. The number of benzene rings is 1. The number of aromatic nitrogens is 3. The molecule has 1 aliphatic carbocycles. The molecule has 212 valence electrons. The van der Waals surface area contributed by atoms with Crippen LogP contribution in [0.2, 0.25) is 0 Å². The van der Waals surface area contributed by atoms with Gasteiger partial charge in [0.2, 0.25) is 11.8 Å². The van der Waals surface area contributed by atoms with Crippen molar-refractivity contribution >= 4 is 35.1 Å². The van der Waals surface area contributed by atoms with Crippen LogP contribution >= 0.6 is 0 Å². The Kier molecular flexibility index (Phi) is 7.02. The summed E-state index contributed by atoms with van der Waals surface area (Å²) in [5.41, 5.74) is 3.28. The van der Waals surface area contributed by atoms with E-state index in [-0.39, 0.29) is 29.9 Å². The lowest BCUT2D eigenvalue weighted by Gasteiger charge is -2.35. The van der Waals surface area contributed by atoms with Gasteiger partial charge in [-0.2, -0.15) is 5.10 Å². The van der Waals surface area contributed by atoms with Gasteiger partial charge in [-0.1, -0.05) is 6.07 Å². The van der Waals surface area contributed by atoms with Crippen LogP contribution in [-0.2, 0) is 9.59 Å². The minimum atomic E-state index is -0.956. The van der Waals surface area contributed by atoms with Crippen LogP contribution in [0.25, 0.3) is 11.3 Å². The molecule has 0 spiro atoms. The first-order chi connectivity index (χ1) is 19.8. The summed E-state index contributed by atoms with van der Waals surface area (Å²) < 4.78 is 2.06. The van der Waals surface area contributed by atoms with E-state index < -0.39 is 23.8 Å². The lowest BCUT2D eigenvalue weighted by Crippen LogP contribution is -2.54. The van der Waals surface area contributed by atoms with E-state index in [1.807, 2.05) is 43.4 Å². The molecule has 0 radical (unpaired) electrons. The first-order valence-electron chi connectivity index (χ1n) is 14.1. The van der Waals surface area contributed by atoms with Gasteiger partial charge in [-0.05, 0) is 68.4 Å². The Morgan fingerprint density at radius 2 is 1.85 bits per heavy atom. The zero-order valence-electron chi connectivity index (χ0n) is 23.2. The molecule has 11 nitrogen and oxygen atoms in total. The van der Waals surface area contributed by atoms with E-state index in [0.29, 0.717) is 12.0 Å². The van der Waals surface area contributed by atoms with E-state index in [1.165, 1.54) is 0 Å². The summed E-state index contributed by atoms with van der Waals surface area (Å²) in [5.74, 6) is -0.415. The van der Waals surface area contributed by atoms with Gasteiger partial charge in [0.1, 0.15) is 11.9 Å². The number of rotatable bonds is 9. The zero-order valence-corrected chi connectivity index (χ0v) is 23.2. The van der Waals surface area contributed by atoms with E-state index in [2.05, 4.69) is 26.6 Å². The van der Waals surface area contributed by atoms with Gasteiger partial charge in [-0.3, -0.25) is 34.1 Å². The fourth-order valence-electron chi connectivity index (χ4n) is 5.86. The molecule has 2 N–H and O–H groups in total.